The molecule has 1 unspecified atom stereocenters. The number of pyridine rings is 1. The largest absolute Gasteiger partial charge is 0.477 e. The van der Waals surface area contributed by atoms with Gasteiger partial charge in [-0.15, -0.1) is 11.3 Å². The minimum Gasteiger partial charge on any atom is -0.477 e. The van der Waals surface area contributed by atoms with Crippen LogP contribution in [-0.4, -0.2) is 75.5 Å². The lowest BCUT2D eigenvalue weighted by Crippen LogP contribution is -2.50. The summed E-state index contributed by atoms with van der Waals surface area (Å²) in [6, 6.07) is 2.06. The number of ether oxygens (including phenoxy) is 1. The Labute approximate surface area is 224 Å². The van der Waals surface area contributed by atoms with E-state index in [1.807, 2.05) is 17.0 Å². The van der Waals surface area contributed by atoms with Crippen molar-refractivity contribution in [1.82, 2.24) is 29.7 Å². The number of fused-ring (bicyclic) bond motifs is 1. The summed E-state index contributed by atoms with van der Waals surface area (Å²) in [7, 11) is 1.67. The minimum atomic E-state index is -0.339. The molecule has 3 aliphatic rings. The maximum Gasteiger partial charge on any atom is 0.275 e. The Morgan fingerprint density at radius 1 is 1.29 bits per heavy atom. The Morgan fingerprint density at radius 3 is 2.95 bits per heavy atom. The highest BCUT2D eigenvalue weighted by molar-refractivity contribution is 7.12. The lowest BCUT2D eigenvalue weighted by molar-refractivity contribution is 0.102. The molecule has 0 spiro atoms. The lowest BCUT2D eigenvalue weighted by Gasteiger charge is -2.38. The fourth-order valence-electron chi connectivity index (χ4n) is 4.83. The van der Waals surface area contributed by atoms with Gasteiger partial charge in [0.2, 0.25) is 0 Å². The van der Waals surface area contributed by atoms with E-state index in [-0.39, 0.29) is 11.9 Å². The predicted molar refractivity (Wildman–Crippen MR) is 147 cm³/mol. The van der Waals surface area contributed by atoms with Gasteiger partial charge < -0.3 is 29.7 Å². The second kappa shape index (κ2) is 9.93. The first-order chi connectivity index (χ1) is 18.5. The molecular weight excluding hydrogens is 502 g/mol. The fraction of sp³-hybridized carbons (Fsp3) is 0.346. The standard InChI is InChI=1S/C26H29N9O2S/c1-4-28-24(27-3)26-32-23(14-38-26)31-25(36)19-9-21(34-12-20(30-15-34)17-5-6-17)22(10-29-19)33-7-8-35-16(2)37-13-18(35)11-33/h4,9-10,12,14-15,17-18H,1-2,5-8,11,13H2,3H3,(H,27,28)(H,31,36). The number of imidazole rings is 1. The van der Waals surface area contributed by atoms with E-state index in [9.17, 15) is 4.79 Å². The molecule has 0 bridgehead atoms. The molecule has 1 aliphatic carbocycles. The number of rotatable bonds is 7. The van der Waals surface area contributed by atoms with Crippen LogP contribution in [0.4, 0.5) is 11.5 Å². The van der Waals surface area contributed by atoms with Crippen LogP contribution in [0.1, 0.15) is 39.9 Å². The van der Waals surface area contributed by atoms with Crippen molar-refractivity contribution >= 4 is 34.6 Å². The molecule has 11 nitrogen and oxygen atoms in total. The Kier molecular flexibility index (Phi) is 6.32. The third-order valence-corrected chi connectivity index (χ3v) is 7.82. The van der Waals surface area contributed by atoms with Gasteiger partial charge in [-0.1, -0.05) is 6.58 Å². The summed E-state index contributed by atoms with van der Waals surface area (Å²) in [6.07, 6.45) is 9.56. The molecule has 3 aromatic rings. The maximum absolute atomic E-state index is 13.2. The van der Waals surface area contributed by atoms with Crippen molar-refractivity contribution in [2.75, 3.05) is 43.5 Å². The van der Waals surface area contributed by atoms with Crippen LogP contribution in [0.3, 0.4) is 0 Å². The van der Waals surface area contributed by atoms with Crippen LogP contribution in [0, 0.1) is 0 Å². The SMILES string of the molecule is C=CNC(=NC)c1nc(NC(=O)c2cc(-n3cnc(C4CC4)c3)c(N3CCN4C(=C)OCC4C3)cn2)cs1. The third kappa shape index (κ3) is 4.62. The van der Waals surface area contributed by atoms with Gasteiger partial charge in [0.15, 0.2) is 16.7 Å². The zero-order chi connectivity index (χ0) is 26.2. The molecule has 3 aromatic heterocycles. The van der Waals surface area contributed by atoms with Gasteiger partial charge in [0.25, 0.3) is 5.91 Å². The first-order valence-corrected chi connectivity index (χ1v) is 13.4. The second-order valence-electron chi connectivity index (χ2n) is 9.45. The molecule has 5 heterocycles. The molecule has 196 valence electrons. The molecule has 12 heteroatoms. The highest BCUT2D eigenvalue weighted by Crippen LogP contribution is 2.39. The highest BCUT2D eigenvalue weighted by atomic mass is 32.1. The fourth-order valence-corrected chi connectivity index (χ4v) is 5.58. The molecule has 2 saturated heterocycles. The maximum atomic E-state index is 13.2. The number of hydrogen-bond donors (Lipinski definition) is 2. The molecule has 2 aliphatic heterocycles. The van der Waals surface area contributed by atoms with Crippen molar-refractivity contribution in [2.45, 2.75) is 24.8 Å². The van der Waals surface area contributed by atoms with Gasteiger partial charge >= 0.3 is 0 Å². The smallest absolute Gasteiger partial charge is 0.275 e. The minimum absolute atomic E-state index is 0.239. The molecule has 0 aromatic carbocycles. The Morgan fingerprint density at radius 2 is 2.16 bits per heavy atom. The number of aliphatic imine (C=N–C) groups is 1. The van der Waals surface area contributed by atoms with Gasteiger partial charge in [0.1, 0.15) is 18.1 Å². The van der Waals surface area contributed by atoms with Gasteiger partial charge in [-0.05, 0) is 31.7 Å². The third-order valence-electron chi connectivity index (χ3n) is 6.97. The van der Waals surface area contributed by atoms with Crippen LogP contribution < -0.4 is 15.5 Å². The van der Waals surface area contributed by atoms with Crippen LogP contribution in [0.5, 0.6) is 0 Å². The first kappa shape index (κ1) is 24.2. The second-order valence-corrected chi connectivity index (χ2v) is 10.3. The van der Waals surface area contributed by atoms with Crippen molar-refractivity contribution in [2.24, 2.45) is 4.99 Å². The number of thiazole rings is 1. The average Bonchev–Trinajstić information content (AvgIpc) is 3.31. The van der Waals surface area contributed by atoms with E-state index >= 15 is 0 Å². The molecule has 1 atom stereocenters. The van der Waals surface area contributed by atoms with Gasteiger partial charge in [-0.3, -0.25) is 9.79 Å². The number of piperazine rings is 1. The van der Waals surface area contributed by atoms with E-state index in [0.717, 1.165) is 42.6 Å². The van der Waals surface area contributed by atoms with Gasteiger partial charge in [-0.2, -0.15) is 0 Å². The molecule has 38 heavy (non-hydrogen) atoms. The summed E-state index contributed by atoms with van der Waals surface area (Å²) in [6.45, 7) is 10.7. The summed E-state index contributed by atoms with van der Waals surface area (Å²) in [4.78, 5) is 35.6. The van der Waals surface area contributed by atoms with Crippen LogP contribution in [0.2, 0.25) is 0 Å². The molecule has 6 rings (SSSR count). The van der Waals surface area contributed by atoms with Crippen LogP contribution in [-0.2, 0) is 4.74 Å². The number of nitrogens with zero attached hydrogens (tertiary/aromatic N) is 7. The Balaban J connectivity index is 1.28. The quantitative estimate of drug-likeness (QED) is 0.354. The number of amidine groups is 1. The van der Waals surface area contributed by atoms with Crippen molar-refractivity contribution in [3.8, 4) is 5.69 Å². The highest BCUT2D eigenvalue weighted by Gasteiger charge is 2.35. The number of carbonyl (C=O) groups is 1. The molecule has 2 N–H and O–H groups in total. The zero-order valence-corrected chi connectivity index (χ0v) is 21.9. The number of hydrogen-bond acceptors (Lipinski definition) is 9. The number of carbonyl (C=O) groups excluding carboxylic acids is 1. The molecule has 1 amide bonds. The lowest BCUT2D eigenvalue weighted by atomic mass is 10.1. The number of anilines is 2. The molecular formula is C26H29N9O2S. The summed E-state index contributed by atoms with van der Waals surface area (Å²) in [5.74, 6) is 1.95. The summed E-state index contributed by atoms with van der Waals surface area (Å²) < 4.78 is 7.68. The van der Waals surface area contributed by atoms with E-state index in [2.05, 4.69) is 59.7 Å². The monoisotopic (exact) mass is 531 g/mol. The Hall–Kier alpha value is -4.19. The van der Waals surface area contributed by atoms with Crippen LogP contribution >= 0.6 is 11.3 Å². The topological polar surface area (TPSA) is 113 Å². The van der Waals surface area contributed by atoms with E-state index < -0.39 is 0 Å². The average molecular weight is 532 g/mol. The predicted octanol–water partition coefficient (Wildman–Crippen LogP) is 2.96. The number of aromatic nitrogens is 4. The molecule has 0 radical (unpaired) electrons. The summed E-state index contributed by atoms with van der Waals surface area (Å²) in [5, 5.41) is 8.23. The summed E-state index contributed by atoms with van der Waals surface area (Å²) in [5.41, 5.74) is 3.20. The number of nitrogens with one attached hydrogen (secondary N) is 2. The van der Waals surface area contributed by atoms with Crippen LogP contribution in [0.25, 0.3) is 5.69 Å². The van der Waals surface area contributed by atoms with Crippen molar-refractivity contribution in [3.63, 3.8) is 0 Å². The van der Waals surface area contributed by atoms with Crippen molar-refractivity contribution < 1.29 is 9.53 Å². The van der Waals surface area contributed by atoms with Crippen molar-refractivity contribution in [3.05, 3.63) is 71.8 Å². The first-order valence-electron chi connectivity index (χ1n) is 12.5. The van der Waals surface area contributed by atoms with Gasteiger partial charge in [0.05, 0.1) is 35.6 Å². The van der Waals surface area contributed by atoms with Crippen LogP contribution in [0.15, 0.2) is 60.4 Å². The zero-order valence-electron chi connectivity index (χ0n) is 21.1. The molecule has 1 saturated carbocycles. The van der Waals surface area contributed by atoms with Gasteiger partial charge in [-0.25, -0.2) is 15.0 Å². The van der Waals surface area contributed by atoms with Crippen molar-refractivity contribution in [1.29, 1.82) is 0 Å². The van der Waals surface area contributed by atoms with E-state index in [1.165, 1.54) is 30.4 Å². The van der Waals surface area contributed by atoms with E-state index in [1.54, 1.807) is 18.6 Å². The van der Waals surface area contributed by atoms with Gasteiger partial charge in [0, 0.05) is 44.2 Å². The normalized spacial score (nSPS) is 19.2. The summed E-state index contributed by atoms with van der Waals surface area (Å²) >= 11 is 1.37. The Bertz CT molecular complexity index is 1420. The van der Waals surface area contributed by atoms with E-state index in [4.69, 9.17) is 4.74 Å². The van der Waals surface area contributed by atoms with E-state index in [0.29, 0.717) is 34.9 Å². The number of amides is 1. The molecule has 3 fully saturated rings.